The second-order valence-corrected chi connectivity index (χ2v) is 4.71. The average Bonchev–Trinajstić information content (AvgIpc) is 2.82. The van der Waals surface area contributed by atoms with Crippen LogP contribution in [0.4, 0.5) is 0 Å². The van der Waals surface area contributed by atoms with Crippen molar-refractivity contribution in [2.45, 2.75) is 25.6 Å². The zero-order chi connectivity index (χ0) is 12.6. The van der Waals surface area contributed by atoms with Crippen LogP contribution in [0.25, 0.3) is 0 Å². The highest BCUT2D eigenvalue weighted by Gasteiger charge is 2.40. The summed E-state index contributed by atoms with van der Waals surface area (Å²) in [4.78, 5) is 26.7. The van der Waals surface area contributed by atoms with Gasteiger partial charge in [0.1, 0.15) is 0 Å². The highest BCUT2D eigenvalue weighted by molar-refractivity contribution is 5.89. The summed E-state index contributed by atoms with van der Waals surface area (Å²) < 4.78 is 0. The molecule has 96 valence electrons. The van der Waals surface area contributed by atoms with Gasteiger partial charge in [-0.05, 0) is 6.92 Å². The summed E-state index contributed by atoms with van der Waals surface area (Å²) in [5.74, 6) is -0.448. The van der Waals surface area contributed by atoms with Gasteiger partial charge in [-0.2, -0.15) is 0 Å². The molecule has 17 heavy (non-hydrogen) atoms. The molecule has 2 aliphatic heterocycles. The first-order valence-corrected chi connectivity index (χ1v) is 5.95. The molecule has 2 saturated heterocycles. The van der Waals surface area contributed by atoms with Crippen molar-refractivity contribution in [1.29, 1.82) is 0 Å². The monoisotopic (exact) mass is 242 g/mol. The Kier molecular flexibility index (Phi) is 3.35. The van der Waals surface area contributed by atoms with E-state index in [-0.39, 0.29) is 37.2 Å². The van der Waals surface area contributed by atoms with Crippen LogP contribution in [0.5, 0.6) is 0 Å². The summed E-state index contributed by atoms with van der Waals surface area (Å²) in [5.41, 5.74) is 0. The molecular weight excluding hydrogens is 224 g/mol. The largest absolute Gasteiger partial charge is 0.388 e. The van der Waals surface area contributed by atoms with Crippen molar-refractivity contribution in [3.8, 4) is 0 Å². The minimum atomic E-state index is -0.863. The number of carbonyl (C=O) groups excluding carboxylic acids is 2. The Morgan fingerprint density at radius 2 is 1.88 bits per heavy atom. The lowest BCUT2D eigenvalue weighted by Crippen LogP contribution is -2.36. The number of carbonyl (C=O) groups is 2. The average molecular weight is 242 g/mol. The van der Waals surface area contributed by atoms with Crippen LogP contribution >= 0.6 is 0 Å². The second-order valence-electron chi connectivity index (χ2n) is 4.71. The molecule has 2 heterocycles. The Hall–Kier alpha value is -1.14. The number of aliphatic hydroxyl groups excluding tert-OH is 2. The van der Waals surface area contributed by atoms with Crippen molar-refractivity contribution in [2.24, 2.45) is 5.92 Å². The standard InChI is InChI=1S/C11H18N2O4/c1-2-12-4-7(3-10(12)16)11(17)13-5-8(14)9(15)6-13/h7-9,14-15H,2-6H2,1H3/t7?,8-,9+. The van der Waals surface area contributed by atoms with E-state index in [0.717, 1.165) is 0 Å². The summed E-state index contributed by atoms with van der Waals surface area (Å²) in [6, 6.07) is 0. The quantitative estimate of drug-likeness (QED) is 0.612. The van der Waals surface area contributed by atoms with Gasteiger partial charge in [0, 0.05) is 32.6 Å². The van der Waals surface area contributed by atoms with E-state index < -0.39 is 12.2 Å². The molecule has 2 rings (SSSR count). The summed E-state index contributed by atoms with van der Waals surface area (Å²) in [6.07, 6.45) is -1.48. The normalized spacial score (nSPS) is 33.6. The molecule has 3 atom stereocenters. The number of hydrogen-bond donors (Lipinski definition) is 2. The Labute approximate surface area is 99.8 Å². The van der Waals surface area contributed by atoms with Gasteiger partial charge in [0.15, 0.2) is 0 Å². The van der Waals surface area contributed by atoms with E-state index in [4.69, 9.17) is 0 Å². The molecule has 0 spiro atoms. The van der Waals surface area contributed by atoms with Gasteiger partial charge in [0.2, 0.25) is 11.8 Å². The molecular formula is C11H18N2O4. The van der Waals surface area contributed by atoms with E-state index in [1.54, 1.807) is 4.90 Å². The lowest BCUT2D eigenvalue weighted by atomic mass is 10.1. The van der Waals surface area contributed by atoms with Gasteiger partial charge in [0.05, 0.1) is 18.1 Å². The van der Waals surface area contributed by atoms with Crippen LogP contribution in [-0.2, 0) is 9.59 Å². The Morgan fingerprint density at radius 1 is 1.29 bits per heavy atom. The minimum Gasteiger partial charge on any atom is -0.388 e. The fourth-order valence-electron chi connectivity index (χ4n) is 2.45. The topological polar surface area (TPSA) is 81.1 Å². The molecule has 0 aliphatic carbocycles. The van der Waals surface area contributed by atoms with Gasteiger partial charge in [-0.1, -0.05) is 0 Å². The molecule has 0 aromatic carbocycles. The zero-order valence-corrected chi connectivity index (χ0v) is 9.87. The maximum absolute atomic E-state index is 12.1. The van der Waals surface area contributed by atoms with Gasteiger partial charge in [-0.3, -0.25) is 9.59 Å². The molecule has 1 unspecified atom stereocenters. The number of likely N-dealkylation sites (tertiary alicyclic amines) is 2. The van der Waals surface area contributed by atoms with Gasteiger partial charge >= 0.3 is 0 Å². The molecule has 0 aromatic rings. The van der Waals surface area contributed by atoms with Crippen LogP contribution in [0.2, 0.25) is 0 Å². The molecule has 6 heteroatoms. The second kappa shape index (κ2) is 4.62. The number of aliphatic hydroxyl groups is 2. The van der Waals surface area contributed by atoms with Crippen LogP contribution in [0, 0.1) is 5.92 Å². The molecule has 0 saturated carbocycles. The van der Waals surface area contributed by atoms with E-state index in [0.29, 0.717) is 13.1 Å². The van der Waals surface area contributed by atoms with Crippen molar-refractivity contribution >= 4 is 11.8 Å². The van der Waals surface area contributed by atoms with Crippen LogP contribution in [0.15, 0.2) is 0 Å². The summed E-state index contributed by atoms with van der Waals surface area (Å²) in [5, 5.41) is 18.8. The van der Waals surface area contributed by atoms with E-state index in [9.17, 15) is 19.8 Å². The smallest absolute Gasteiger partial charge is 0.228 e. The fourth-order valence-corrected chi connectivity index (χ4v) is 2.45. The van der Waals surface area contributed by atoms with Crippen LogP contribution in [-0.4, -0.2) is 70.2 Å². The first-order chi connectivity index (χ1) is 8.02. The Morgan fingerprint density at radius 3 is 2.35 bits per heavy atom. The molecule has 2 fully saturated rings. The maximum atomic E-state index is 12.1. The molecule has 0 radical (unpaired) electrons. The molecule has 6 nitrogen and oxygen atoms in total. The van der Waals surface area contributed by atoms with Crippen LogP contribution < -0.4 is 0 Å². The lowest BCUT2D eigenvalue weighted by Gasteiger charge is -2.19. The summed E-state index contributed by atoms with van der Waals surface area (Å²) in [7, 11) is 0. The third-order valence-corrected chi connectivity index (χ3v) is 3.52. The van der Waals surface area contributed by atoms with Gasteiger partial charge in [-0.15, -0.1) is 0 Å². The number of hydrogen-bond acceptors (Lipinski definition) is 4. The first-order valence-electron chi connectivity index (χ1n) is 5.95. The number of rotatable bonds is 2. The van der Waals surface area contributed by atoms with E-state index in [1.807, 2.05) is 6.92 Å². The molecule has 2 N–H and O–H groups in total. The third kappa shape index (κ3) is 2.28. The highest BCUT2D eigenvalue weighted by Crippen LogP contribution is 2.22. The molecule has 2 aliphatic rings. The number of β-amino-alcohol motifs (C(OH)–C–C–N with tert-alkyl or cyclic N) is 2. The minimum absolute atomic E-state index is 0.00569. The Balaban J connectivity index is 1.96. The molecule has 2 amide bonds. The fraction of sp³-hybridized carbons (Fsp3) is 0.818. The van der Waals surface area contributed by atoms with Gasteiger partial charge < -0.3 is 20.0 Å². The molecule has 0 aromatic heterocycles. The van der Waals surface area contributed by atoms with Gasteiger partial charge in [-0.25, -0.2) is 0 Å². The van der Waals surface area contributed by atoms with Gasteiger partial charge in [0.25, 0.3) is 0 Å². The van der Waals surface area contributed by atoms with Crippen molar-refractivity contribution in [1.82, 2.24) is 9.80 Å². The van der Waals surface area contributed by atoms with Crippen LogP contribution in [0.1, 0.15) is 13.3 Å². The lowest BCUT2D eigenvalue weighted by molar-refractivity contribution is -0.135. The number of nitrogens with zero attached hydrogens (tertiary/aromatic N) is 2. The Bertz CT molecular complexity index is 323. The van der Waals surface area contributed by atoms with Crippen molar-refractivity contribution in [3.05, 3.63) is 0 Å². The highest BCUT2D eigenvalue weighted by atomic mass is 16.3. The predicted octanol–water partition coefficient (Wildman–Crippen LogP) is -1.58. The first kappa shape index (κ1) is 12.3. The summed E-state index contributed by atoms with van der Waals surface area (Å²) in [6.45, 7) is 3.28. The van der Waals surface area contributed by atoms with Crippen molar-refractivity contribution in [3.63, 3.8) is 0 Å². The van der Waals surface area contributed by atoms with E-state index in [1.165, 1.54) is 4.90 Å². The van der Waals surface area contributed by atoms with E-state index in [2.05, 4.69) is 0 Å². The van der Waals surface area contributed by atoms with E-state index >= 15 is 0 Å². The summed E-state index contributed by atoms with van der Waals surface area (Å²) >= 11 is 0. The van der Waals surface area contributed by atoms with Crippen LogP contribution in [0.3, 0.4) is 0 Å². The maximum Gasteiger partial charge on any atom is 0.228 e. The number of amides is 2. The third-order valence-electron chi connectivity index (χ3n) is 3.52. The molecule has 0 bridgehead atoms. The van der Waals surface area contributed by atoms with Crippen molar-refractivity contribution in [2.75, 3.05) is 26.2 Å². The SMILES string of the molecule is CCN1CC(C(=O)N2C[C@@H](O)[C@@H](O)C2)CC1=O. The van der Waals surface area contributed by atoms with Crippen molar-refractivity contribution < 1.29 is 19.8 Å². The zero-order valence-electron chi connectivity index (χ0n) is 9.87. The predicted molar refractivity (Wildman–Crippen MR) is 59.0 cm³/mol.